The van der Waals surface area contributed by atoms with Crippen molar-refractivity contribution in [3.8, 4) is 0 Å². The van der Waals surface area contributed by atoms with Crippen LogP contribution in [-0.4, -0.2) is 34.4 Å². The van der Waals surface area contributed by atoms with Crippen molar-refractivity contribution in [2.45, 2.75) is 32.7 Å². The van der Waals surface area contributed by atoms with Gasteiger partial charge in [0.05, 0.1) is 12.0 Å². The highest BCUT2D eigenvalue weighted by atomic mass is 16.2. The summed E-state index contributed by atoms with van der Waals surface area (Å²) >= 11 is 0. The summed E-state index contributed by atoms with van der Waals surface area (Å²) in [5, 5.41) is 11.9. The summed E-state index contributed by atoms with van der Waals surface area (Å²) in [6.07, 6.45) is 6.83. The van der Waals surface area contributed by atoms with Crippen LogP contribution in [0.3, 0.4) is 0 Å². The van der Waals surface area contributed by atoms with E-state index in [9.17, 15) is 0 Å². The van der Waals surface area contributed by atoms with Gasteiger partial charge in [0, 0.05) is 32.3 Å². The van der Waals surface area contributed by atoms with Gasteiger partial charge in [0.15, 0.2) is 0 Å². The molecule has 0 bridgehead atoms. The van der Waals surface area contributed by atoms with E-state index in [0.717, 1.165) is 44.6 Å². The minimum absolute atomic E-state index is 0.280. The summed E-state index contributed by atoms with van der Waals surface area (Å²) in [6.45, 7) is 5.34. The topological polar surface area (TPSA) is 50.1 Å². The van der Waals surface area contributed by atoms with Crippen LogP contribution in [0.2, 0.25) is 0 Å². The van der Waals surface area contributed by atoms with E-state index in [1.807, 2.05) is 6.33 Å². The van der Waals surface area contributed by atoms with Crippen LogP contribution in [-0.2, 0) is 13.0 Å². The predicted octanol–water partition coefficient (Wildman–Crippen LogP) is 0.808. The Morgan fingerprint density at radius 3 is 3.07 bits per heavy atom. The number of aryl methyl sites for hydroxylation is 1. The van der Waals surface area contributed by atoms with Crippen molar-refractivity contribution in [1.29, 1.82) is 0 Å². The second-order valence-corrected chi connectivity index (χ2v) is 3.64. The Morgan fingerprint density at radius 1 is 1.47 bits per heavy atom. The Morgan fingerprint density at radius 2 is 2.33 bits per heavy atom. The molecular weight excluding hydrogens is 190 g/mol. The van der Waals surface area contributed by atoms with Crippen molar-refractivity contribution in [3.63, 3.8) is 0 Å². The molecule has 0 aliphatic rings. The summed E-state index contributed by atoms with van der Waals surface area (Å²) in [6, 6.07) is 0. The first-order chi connectivity index (χ1) is 7.36. The first kappa shape index (κ1) is 12.2. The quantitative estimate of drug-likeness (QED) is 0.626. The fourth-order valence-electron chi connectivity index (χ4n) is 1.46. The number of unbranched alkanes of at least 4 members (excludes halogenated alkanes) is 1. The highest BCUT2D eigenvalue weighted by molar-refractivity contribution is 4.97. The molecule has 0 aliphatic carbocycles. The van der Waals surface area contributed by atoms with Crippen LogP contribution in [0.5, 0.6) is 0 Å². The zero-order valence-corrected chi connectivity index (χ0v) is 9.45. The van der Waals surface area contributed by atoms with Gasteiger partial charge >= 0.3 is 0 Å². The minimum Gasteiger partial charge on any atom is -0.396 e. The van der Waals surface area contributed by atoms with Crippen LogP contribution in [0.1, 0.15) is 25.5 Å². The lowest BCUT2D eigenvalue weighted by Crippen LogP contribution is -2.16. The van der Waals surface area contributed by atoms with Gasteiger partial charge in [0.25, 0.3) is 0 Å². The maximum atomic E-state index is 8.66. The van der Waals surface area contributed by atoms with Gasteiger partial charge < -0.3 is 15.0 Å². The van der Waals surface area contributed by atoms with Crippen molar-refractivity contribution >= 4 is 0 Å². The Labute approximate surface area is 91.3 Å². The largest absolute Gasteiger partial charge is 0.396 e. The van der Waals surface area contributed by atoms with Gasteiger partial charge in [-0.05, 0) is 19.4 Å². The summed E-state index contributed by atoms with van der Waals surface area (Å²) in [5.74, 6) is 0. The van der Waals surface area contributed by atoms with Crippen molar-refractivity contribution in [1.82, 2.24) is 14.9 Å². The third-order valence-corrected chi connectivity index (χ3v) is 2.32. The summed E-state index contributed by atoms with van der Waals surface area (Å²) in [5.41, 5.74) is 1.14. The molecule has 4 heteroatoms. The molecule has 0 saturated carbocycles. The fourth-order valence-corrected chi connectivity index (χ4v) is 1.46. The number of hydrogen-bond donors (Lipinski definition) is 2. The van der Waals surface area contributed by atoms with Crippen molar-refractivity contribution in [2.24, 2.45) is 0 Å². The minimum atomic E-state index is 0.280. The van der Waals surface area contributed by atoms with Crippen LogP contribution in [0.15, 0.2) is 12.5 Å². The summed E-state index contributed by atoms with van der Waals surface area (Å²) in [4.78, 5) is 4.33. The molecule has 2 N–H and O–H groups in total. The third kappa shape index (κ3) is 4.95. The van der Waals surface area contributed by atoms with Gasteiger partial charge in [-0.2, -0.15) is 0 Å². The number of rotatable bonds is 8. The molecule has 0 saturated heterocycles. The van der Waals surface area contributed by atoms with Gasteiger partial charge in [-0.15, -0.1) is 0 Å². The number of nitrogens with one attached hydrogen (secondary N) is 1. The number of aromatic nitrogens is 2. The molecule has 4 nitrogen and oxygen atoms in total. The zero-order chi connectivity index (χ0) is 10.9. The van der Waals surface area contributed by atoms with Crippen molar-refractivity contribution in [3.05, 3.63) is 18.2 Å². The van der Waals surface area contributed by atoms with Gasteiger partial charge in [0.2, 0.25) is 0 Å². The SMILES string of the molecule is CCNCCc1cn(CCCCO)cn1. The highest BCUT2D eigenvalue weighted by Crippen LogP contribution is 1.99. The Kier molecular flexibility index (Phi) is 6.04. The van der Waals surface area contributed by atoms with Crippen LogP contribution >= 0.6 is 0 Å². The normalized spacial score (nSPS) is 10.8. The second kappa shape index (κ2) is 7.43. The van der Waals surface area contributed by atoms with Gasteiger partial charge in [-0.25, -0.2) is 4.98 Å². The van der Waals surface area contributed by atoms with Crippen LogP contribution in [0, 0.1) is 0 Å². The molecule has 15 heavy (non-hydrogen) atoms. The standard InChI is InChI=1S/C11H21N3O/c1-2-12-6-5-11-9-14(10-13-11)7-3-4-8-15/h9-10,12,15H,2-8H2,1H3. The maximum Gasteiger partial charge on any atom is 0.0949 e. The van der Waals surface area contributed by atoms with Crippen LogP contribution in [0.4, 0.5) is 0 Å². The third-order valence-electron chi connectivity index (χ3n) is 2.32. The lowest BCUT2D eigenvalue weighted by Gasteiger charge is -2.00. The van der Waals surface area contributed by atoms with Gasteiger partial charge in [0.1, 0.15) is 0 Å². The van der Waals surface area contributed by atoms with Crippen molar-refractivity contribution < 1.29 is 5.11 Å². The van der Waals surface area contributed by atoms with E-state index < -0.39 is 0 Å². The molecule has 0 unspecified atom stereocenters. The molecule has 0 aliphatic heterocycles. The number of aliphatic hydroxyl groups is 1. The second-order valence-electron chi connectivity index (χ2n) is 3.64. The average molecular weight is 211 g/mol. The molecular formula is C11H21N3O. The Bertz CT molecular complexity index is 236. The smallest absolute Gasteiger partial charge is 0.0949 e. The van der Waals surface area contributed by atoms with E-state index in [1.165, 1.54) is 0 Å². The molecule has 0 amide bonds. The lowest BCUT2D eigenvalue weighted by molar-refractivity contribution is 0.281. The number of imidazole rings is 1. The van der Waals surface area contributed by atoms with Gasteiger partial charge in [-0.1, -0.05) is 6.92 Å². The summed E-state index contributed by atoms with van der Waals surface area (Å²) in [7, 11) is 0. The number of likely N-dealkylation sites (N-methyl/N-ethyl adjacent to an activating group) is 1. The highest BCUT2D eigenvalue weighted by Gasteiger charge is 1.98. The predicted molar refractivity (Wildman–Crippen MR) is 60.8 cm³/mol. The molecule has 1 aromatic rings. The maximum absolute atomic E-state index is 8.66. The van der Waals surface area contributed by atoms with Crippen molar-refractivity contribution in [2.75, 3.05) is 19.7 Å². The molecule has 0 aromatic carbocycles. The Balaban J connectivity index is 2.23. The van der Waals surface area contributed by atoms with E-state index in [4.69, 9.17) is 5.11 Å². The number of hydrogen-bond acceptors (Lipinski definition) is 3. The van der Waals surface area contributed by atoms with E-state index in [-0.39, 0.29) is 6.61 Å². The molecule has 1 rings (SSSR count). The fraction of sp³-hybridized carbons (Fsp3) is 0.727. The number of aliphatic hydroxyl groups excluding tert-OH is 1. The van der Waals surface area contributed by atoms with Gasteiger partial charge in [-0.3, -0.25) is 0 Å². The van der Waals surface area contributed by atoms with E-state index >= 15 is 0 Å². The lowest BCUT2D eigenvalue weighted by atomic mass is 10.3. The molecule has 0 atom stereocenters. The number of nitrogens with zero attached hydrogens (tertiary/aromatic N) is 2. The molecule has 0 fully saturated rings. The van der Waals surface area contributed by atoms with E-state index in [2.05, 4.69) is 28.0 Å². The first-order valence-corrected chi connectivity index (χ1v) is 5.69. The van der Waals surface area contributed by atoms with Crippen LogP contribution < -0.4 is 5.32 Å². The molecule has 0 radical (unpaired) electrons. The molecule has 1 aromatic heterocycles. The molecule has 1 heterocycles. The summed E-state index contributed by atoms with van der Waals surface area (Å²) < 4.78 is 2.09. The van der Waals surface area contributed by atoms with Crippen LogP contribution in [0.25, 0.3) is 0 Å². The molecule has 86 valence electrons. The molecule has 0 spiro atoms. The average Bonchev–Trinajstić information content (AvgIpc) is 2.67. The Hall–Kier alpha value is -0.870. The van der Waals surface area contributed by atoms with E-state index in [1.54, 1.807) is 0 Å². The monoisotopic (exact) mass is 211 g/mol. The zero-order valence-electron chi connectivity index (χ0n) is 9.45. The van der Waals surface area contributed by atoms with E-state index in [0.29, 0.717) is 0 Å². The first-order valence-electron chi connectivity index (χ1n) is 5.69.